The van der Waals surface area contributed by atoms with E-state index >= 15 is 0 Å². The molecule has 0 bridgehead atoms. The van der Waals surface area contributed by atoms with E-state index in [1.807, 2.05) is 0 Å². The van der Waals surface area contributed by atoms with Gasteiger partial charge in [0.15, 0.2) is 0 Å². The zero-order valence-electron chi connectivity index (χ0n) is 22.1. The molecule has 0 aromatic carbocycles. The predicted octanol–water partition coefficient (Wildman–Crippen LogP) is 9.11. The lowest BCUT2D eigenvalue weighted by molar-refractivity contribution is -0.0459. The maximum Gasteiger partial charge on any atom is 0.0657 e. The van der Waals surface area contributed by atoms with E-state index in [-0.39, 0.29) is 5.60 Å². The summed E-state index contributed by atoms with van der Waals surface area (Å²) in [5.41, 5.74) is 0.0418. The molecule has 31 heavy (non-hydrogen) atoms. The van der Waals surface area contributed by atoms with Gasteiger partial charge in [0.2, 0.25) is 0 Å². The van der Waals surface area contributed by atoms with Crippen LogP contribution >= 0.6 is 0 Å². The largest absolute Gasteiger partial charge is 0.375 e. The minimum absolute atomic E-state index is 0.0418. The smallest absolute Gasteiger partial charge is 0.0657 e. The number of allylic oxidation sites excluding steroid dienone is 4. The van der Waals surface area contributed by atoms with Crippen LogP contribution in [0, 0.1) is 0 Å². The van der Waals surface area contributed by atoms with Gasteiger partial charge in [0.25, 0.3) is 0 Å². The average Bonchev–Trinajstić information content (AvgIpc) is 2.74. The Hall–Kier alpha value is -0.600. The molecule has 0 saturated heterocycles. The van der Waals surface area contributed by atoms with Crippen molar-refractivity contribution in [3.63, 3.8) is 0 Å². The maximum absolute atomic E-state index is 6.49. The van der Waals surface area contributed by atoms with Gasteiger partial charge in [-0.25, -0.2) is 0 Å². The van der Waals surface area contributed by atoms with Crippen LogP contribution in [0.15, 0.2) is 24.3 Å². The lowest BCUT2D eigenvalue weighted by Crippen LogP contribution is -2.29. The molecule has 0 aliphatic carbocycles. The Kier molecular flexibility index (Phi) is 22.2. The van der Waals surface area contributed by atoms with Gasteiger partial charge in [-0.1, -0.05) is 70.3 Å². The Labute approximate surface area is 196 Å². The summed E-state index contributed by atoms with van der Waals surface area (Å²) in [6, 6.07) is 0. The van der Waals surface area contributed by atoms with Crippen LogP contribution in [0.5, 0.6) is 0 Å². The molecule has 0 aromatic heterocycles. The molecule has 0 aliphatic rings. The molecule has 0 spiro atoms. The number of hydrogen-bond donors (Lipinski definition) is 0. The van der Waals surface area contributed by atoms with Crippen molar-refractivity contribution >= 4 is 0 Å². The van der Waals surface area contributed by atoms with Crippen LogP contribution in [0.4, 0.5) is 0 Å². The number of hydrogen-bond acceptors (Lipinski definition) is 2. The van der Waals surface area contributed by atoms with Gasteiger partial charge in [-0.3, -0.25) is 0 Å². The van der Waals surface area contributed by atoms with E-state index < -0.39 is 0 Å². The molecule has 0 aliphatic heterocycles. The van der Waals surface area contributed by atoms with Gasteiger partial charge >= 0.3 is 0 Å². The van der Waals surface area contributed by atoms with Crippen LogP contribution < -0.4 is 0 Å². The Morgan fingerprint density at radius 1 is 0.613 bits per heavy atom. The Bertz CT molecular complexity index is 415. The van der Waals surface area contributed by atoms with Crippen LogP contribution in [0.25, 0.3) is 0 Å². The molecular weight excluding hydrogens is 378 g/mol. The van der Waals surface area contributed by atoms with E-state index in [1.54, 1.807) is 0 Å². The lowest BCUT2D eigenvalue weighted by Gasteiger charge is -2.30. The van der Waals surface area contributed by atoms with Crippen molar-refractivity contribution in [1.29, 1.82) is 0 Å². The Morgan fingerprint density at radius 3 is 1.71 bits per heavy atom. The van der Waals surface area contributed by atoms with Crippen molar-refractivity contribution in [3.8, 4) is 0 Å². The van der Waals surface area contributed by atoms with Crippen molar-refractivity contribution in [2.75, 3.05) is 27.2 Å². The van der Waals surface area contributed by atoms with Crippen LogP contribution in [-0.4, -0.2) is 37.7 Å². The first-order valence-corrected chi connectivity index (χ1v) is 13.6. The van der Waals surface area contributed by atoms with Crippen molar-refractivity contribution < 1.29 is 4.74 Å². The normalized spacial score (nSPS) is 14.3. The van der Waals surface area contributed by atoms with Gasteiger partial charge in [-0.05, 0) is 105 Å². The fraction of sp³-hybridized carbons (Fsp3) is 0.862. The first kappa shape index (κ1) is 30.4. The lowest BCUT2D eigenvalue weighted by atomic mass is 9.92. The van der Waals surface area contributed by atoms with E-state index in [2.05, 4.69) is 64.1 Å². The molecule has 0 fully saturated rings. The topological polar surface area (TPSA) is 12.5 Å². The quantitative estimate of drug-likeness (QED) is 0.117. The second kappa shape index (κ2) is 22.6. The summed E-state index contributed by atoms with van der Waals surface area (Å²) in [6.45, 7) is 9.01. The summed E-state index contributed by atoms with van der Waals surface area (Å²) in [4.78, 5) is 2.27. The molecule has 2 heteroatoms. The van der Waals surface area contributed by atoms with Crippen molar-refractivity contribution in [1.82, 2.24) is 4.90 Å². The highest BCUT2D eigenvalue weighted by Crippen LogP contribution is 2.26. The summed E-state index contributed by atoms with van der Waals surface area (Å²) in [6.07, 6.45) is 31.1. The van der Waals surface area contributed by atoms with E-state index in [4.69, 9.17) is 4.74 Å². The van der Waals surface area contributed by atoms with E-state index in [9.17, 15) is 0 Å². The fourth-order valence-corrected chi connectivity index (χ4v) is 3.94. The van der Waals surface area contributed by atoms with Crippen LogP contribution in [0.1, 0.15) is 130 Å². The van der Waals surface area contributed by atoms with Gasteiger partial charge in [-0.15, -0.1) is 0 Å². The predicted molar refractivity (Wildman–Crippen MR) is 141 cm³/mol. The summed E-state index contributed by atoms with van der Waals surface area (Å²) >= 11 is 0. The van der Waals surface area contributed by atoms with Gasteiger partial charge < -0.3 is 9.64 Å². The summed E-state index contributed by atoms with van der Waals surface area (Å²) < 4.78 is 6.49. The van der Waals surface area contributed by atoms with Crippen LogP contribution in [0.3, 0.4) is 0 Å². The van der Waals surface area contributed by atoms with Gasteiger partial charge in [0.05, 0.1) is 5.60 Å². The molecule has 184 valence electrons. The third kappa shape index (κ3) is 22.4. The van der Waals surface area contributed by atoms with E-state index in [0.717, 1.165) is 19.4 Å². The number of unbranched alkanes of at least 4 members (excludes halogenated alkanes) is 10. The molecule has 0 amide bonds. The molecular formula is C29H57NO. The molecule has 2 nitrogen and oxygen atoms in total. The maximum atomic E-state index is 6.49. The molecule has 1 unspecified atom stereocenters. The molecule has 1 atom stereocenters. The van der Waals surface area contributed by atoms with Crippen molar-refractivity contribution in [2.24, 2.45) is 0 Å². The molecule has 0 heterocycles. The second-order valence-corrected chi connectivity index (χ2v) is 9.88. The van der Waals surface area contributed by atoms with Crippen molar-refractivity contribution in [3.05, 3.63) is 24.3 Å². The van der Waals surface area contributed by atoms with Crippen LogP contribution in [-0.2, 0) is 4.74 Å². The minimum atomic E-state index is 0.0418. The Morgan fingerprint density at radius 2 is 1.16 bits per heavy atom. The minimum Gasteiger partial charge on any atom is -0.375 e. The molecule has 0 aromatic rings. The summed E-state index contributed by atoms with van der Waals surface area (Å²) in [5.74, 6) is 0. The second-order valence-electron chi connectivity index (χ2n) is 9.88. The molecule has 0 rings (SSSR count). The highest BCUT2D eigenvalue weighted by atomic mass is 16.5. The van der Waals surface area contributed by atoms with Gasteiger partial charge in [0, 0.05) is 6.61 Å². The van der Waals surface area contributed by atoms with Gasteiger partial charge in [0.1, 0.15) is 0 Å². The zero-order valence-corrected chi connectivity index (χ0v) is 22.1. The van der Waals surface area contributed by atoms with E-state index in [0.29, 0.717) is 0 Å². The average molecular weight is 436 g/mol. The van der Waals surface area contributed by atoms with Crippen molar-refractivity contribution in [2.45, 2.75) is 136 Å². The monoisotopic (exact) mass is 435 g/mol. The molecule has 0 N–H and O–H groups in total. The Balaban J connectivity index is 4.21. The van der Waals surface area contributed by atoms with Gasteiger partial charge in [-0.2, -0.15) is 0 Å². The van der Waals surface area contributed by atoms with Crippen LogP contribution in [0.2, 0.25) is 0 Å². The summed E-state index contributed by atoms with van der Waals surface area (Å²) in [7, 11) is 4.31. The van der Waals surface area contributed by atoms with E-state index in [1.165, 1.54) is 103 Å². The first-order chi connectivity index (χ1) is 15.0. The first-order valence-electron chi connectivity index (χ1n) is 13.6. The number of ether oxygens (including phenoxy) is 1. The third-order valence-corrected chi connectivity index (χ3v) is 6.15. The summed E-state index contributed by atoms with van der Waals surface area (Å²) in [5, 5.41) is 0. The highest BCUT2D eigenvalue weighted by molar-refractivity contribution is 4.87. The standard InChI is InChI=1S/C29H57NO/c1-6-8-10-12-14-15-17-19-22-26-29(3,25-21-18-16-13-11-9-7-2)31-28-24-20-23-27-30(4)5/h14-16,18H,6-13,17,19-28H2,1-5H3/b15-14-,18-16-. The SMILES string of the molecule is CCCCC/C=C\CCCCC(C)(CC/C=C\CCCCC)OCCCCCN(C)C. The third-order valence-electron chi connectivity index (χ3n) is 6.15. The highest BCUT2D eigenvalue weighted by Gasteiger charge is 2.23. The molecule has 0 radical (unpaired) electrons. The zero-order chi connectivity index (χ0) is 23.0. The number of nitrogens with zero attached hydrogens (tertiary/aromatic N) is 1. The fourth-order valence-electron chi connectivity index (χ4n) is 3.94. The number of rotatable bonds is 23. The molecule has 0 saturated carbocycles.